The second-order valence-electron chi connectivity index (χ2n) is 5.37. The lowest BCUT2D eigenvalue weighted by Gasteiger charge is -2.27. The van der Waals surface area contributed by atoms with Gasteiger partial charge in [-0.15, -0.1) is 0 Å². The van der Waals surface area contributed by atoms with Crippen LogP contribution in [-0.2, 0) is 5.41 Å². The summed E-state index contributed by atoms with van der Waals surface area (Å²) in [4.78, 5) is 0. The monoisotopic (exact) mass is 298 g/mol. The molecule has 0 heterocycles. The molecule has 0 heteroatoms. The molecule has 1 aromatic carbocycles. The first-order valence-corrected chi connectivity index (χ1v) is 7.93. The van der Waals surface area contributed by atoms with Crippen molar-refractivity contribution in [1.29, 1.82) is 0 Å². The number of allylic oxidation sites excluding steroid dienone is 5. The van der Waals surface area contributed by atoms with Gasteiger partial charge in [-0.05, 0) is 42.0 Å². The molecule has 0 aliphatic heterocycles. The van der Waals surface area contributed by atoms with Gasteiger partial charge < -0.3 is 0 Å². The van der Waals surface area contributed by atoms with Crippen LogP contribution in [-0.4, -0.2) is 0 Å². The van der Waals surface area contributed by atoms with Crippen molar-refractivity contribution < 1.29 is 0 Å². The lowest BCUT2D eigenvalue weighted by molar-refractivity contribution is 0.545. The van der Waals surface area contributed by atoms with Crippen molar-refractivity contribution >= 4 is 5.57 Å². The maximum absolute atomic E-state index is 4.04. The molecule has 2 aliphatic carbocycles. The summed E-state index contributed by atoms with van der Waals surface area (Å²) in [6.07, 6.45) is 11.8. The maximum atomic E-state index is 4.04. The first kappa shape index (κ1) is 20.4. The fourth-order valence-electron chi connectivity index (χ4n) is 3.84. The Balaban J connectivity index is 0.00000106. The smallest absolute Gasteiger partial charge is 0.0215 e. The van der Waals surface area contributed by atoms with Gasteiger partial charge in [0.1, 0.15) is 0 Å². The lowest BCUT2D eigenvalue weighted by atomic mass is 9.75. The third-order valence-corrected chi connectivity index (χ3v) is 4.53. The number of benzene rings is 1. The normalized spacial score (nSPS) is 17.4. The Morgan fingerprint density at radius 1 is 1.05 bits per heavy atom. The zero-order valence-corrected chi connectivity index (χ0v) is 13.1. The van der Waals surface area contributed by atoms with Gasteiger partial charge in [-0.25, -0.2) is 0 Å². The molecule has 1 fully saturated rings. The van der Waals surface area contributed by atoms with E-state index in [1.165, 1.54) is 48.0 Å². The Morgan fingerprint density at radius 3 is 2.18 bits per heavy atom. The summed E-state index contributed by atoms with van der Waals surface area (Å²) in [5.74, 6) is 0. The Labute approximate surface area is 138 Å². The van der Waals surface area contributed by atoms with Crippen LogP contribution in [0.5, 0.6) is 0 Å². The van der Waals surface area contributed by atoms with E-state index < -0.39 is 0 Å². The molecule has 3 rings (SSSR count). The van der Waals surface area contributed by atoms with Gasteiger partial charge in [0.15, 0.2) is 0 Å². The van der Waals surface area contributed by atoms with Crippen molar-refractivity contribution in [2.24, 2.45) is 0 Å². The van der Waals surface area contributed by atoms with Gasteiger partial charge in [-0.2, -0.15) is 0 Å². The van der Waals surface area contributed by atoms with Crippen LogP contribution in [0.25, 0.3) is 5.57 Å². The minimum Gasteiger partial charge on any atom is -0.0984 e. The molecule has 122 valence electrons. The van der Waals surface area contributed by atoms with Crippen LogP contribution in [0.2, 0.25) is 0 Å². The summed E-state index contributed by atoms with van der Waals surface area (Å²) < 4.78 is 0. The van der Waals surface area contributed by atoms with Crippen LogP contribution in [0.1, 0.15) is 72.4 Å². The zero-order chi connectivity index (χ0) is 14.6. The van der Waals surface area contributed by atoms with Crippen LogP contribution < -0.4 is 0 Å². The maximum Gasteiger partial charge on any atom is 0.0215 e. The molecular weight excluding hydrogens is 264 g/mol. The fourth-order valence-corrected chi connectivity index (χ4v) is 3.84. The van der Waals surface area contributed by atoms with Crippen LogP contribution >= 0.6 is 0 Å². The third kappa shape index (κ3) is 2.97. The Morgan fingerprint density at radius 2 is 1.64 bits per heavy atom. The summed E-state index contributed by atoms with van der Waals surface area (Å²) in [5.41, 5.74) is 6.07. The number of hydrogen-bond acceptors (Lipinski definition) is 0. The molecule has 1 aromatic rings. The molecule has 0 bridgehead atoms. The second kappa shape index (κ2) is 8.78. The van der Waals surface area contributed by atoms with Gasteiger partial charge in [0.05, 0.1) is 0 Å². The first-order valence-electron chi connectivity index (χ1n) is 7.93. The van der Waals surface area contributed by atoms with E-state index in [2.05, 4.69) is 49.9 Å². The zero-order valence-electron chi connectivity index (χ0n) is 13.1. The van der Waals surface area contributed by atoms with Crippen LogP contribution in [0.4, 0.5) is 0 Å². The molecule has 1 spiro atoms. The van der Waals surface area contributed by atoms with Crippen LogP contribution in [0, 0.1) is 0 Å². The van der Waals surface area contributed by atoms with E-state index in [1.807, 2.05) is 19.9 Å². The summed E-state index contributed by atoms with van der Waals surface area (Å²) in [6.45, 7) is 10.1. The minimum atomic E-state index is 0. The van der Waals surface area contributed by atoms with E-state index in [0.29, 0.717) is 0 Å². The van der Waals surface area contributed by atoms with Gasteiger partial charge in [0.2, 0.25) is 0 Å². The highest BCUT2D eigenvalue weighted by Gasteiger charge is 2.44. The summed E-state index contributed by atoms with van der Waals surface area (Å²) in [7, 11) is 0. The molecule has 0 N–H and O–H groups in total. The fraction of sp³-hybridized carbons (Fsp3) is 0.455. The van der Waals surface area contributed by atoms with Crippen molar-refractivity contribution in [3.05, 3.63) is 65.8 Å². The molecule has 0 saturated heterocycles. The average molecular weight is 299 g/mol. The number of fused-ring (bicyclic) bond motifs is 2. The van der Waals surface area contributed by atoms with Gasteiger partial charge in [-0.1, -0.05) is 90.6 Å². The van der Waals surface area contributed by atoms with Gasteiger partial charge in [0, 0.05) is 5.41 Å². The highest BCUT2D eigenvalue weighted by Crippen LogP contribution is 2.55. The molecule has 0 radical (unpaired) electrons. The largest absolute Gasteiger partial charge is 0.0984 e. The molecule has 0 unspecified atom stereocenters. The second-order valence-corrected chi connectivity index (χ2v) is 5.37. The highest BCUT2D eigenvalue weighted by atomic mass is 14.5. The van der Waals surface area contributed by atoms with E-state index in [1.54, 1.807) is 0 Å². The Hall–Kier alpha value is -1.56. The van der Waals surface area contributed by atoms with E-state index in [-0.39, 0.29) is 20.3 Å². The minimum absolute atomic E-state index is 0. The molecular formula is C22H34. The molecule has 0 aromatic heterocycles. The summed E-state index contributed by atoms with van der Waals surface area (Å²) in [6, 6.07) is 8.89. The molecule has 1 saturated carbocycles. The number of hydrogen-bond donors (Lipinski definition) is 0. The standard InChI is InChI=1S/C18H20.C2H6.2CH4/c1-3-9-16-14(4-2)15-10-5-6-11-17(15)18(16)12-7-8-13-18;1-2;;/h3-6,9-11H,2,7-8,12-13H2,1H3;1-2H3;2*1H4/b9-3-;;;. The van der Waals surface area contributed by atoms with Crippen LogP contribution in [0.3, 0.4) is 0 Å². The first-order chi connectivity index (χ1) is 9.83. The van der Waals surface area contributed by atoms with Crippen molar-refractivity contribution in [2.75, 3.05) is 0 Å². The summed E-state index contributed by atoms with van der Waals surface area (Å²) >= 11 is 0. The predicted octanol–water partition coefficient (Wildman–Crippen LogP) is 7.33. The average Bonchev–Trinajstić information content (AvgIpc) is 3.09. The van der Waals surface area contributed by atoms with E-state index in [9.17, 15) is 0 Å². The van der Waals surface area contributed by atoms with Crippen molar-refractivity contribution in [1.82, 2.24) is 0 Å². The predicted molar refractivity (Wildman–Crippen MR) is 103 cm³/mol. The van der Waals surface area contributed by atoms with Crippen molar-refractivity contribution in [3.63, 3.8) is 0 Å². The van der Waals surface area contributed by atoms with Gasteiger partial charge >= 0.3 is 0 Å². The molecule has 0 nitrogen and oxygen atoms in total. The highest BCUT2D eigenvalue weighted by molar-refractivity contribution is 5.87. The molecule has 2 aliphatic rings. The van der Waals surface area contributed by atoms with Crippen molar-refractivity contribution in [2.45, 2.75) is 66.7 Å². The third-order valence-electron chi connectivity index (χ3n) is 4.53. The number of rotatable bonds is 2. The Bertz CT molecular complexity index is 537. The van der Waals surface area contributed by atoms with E-state index in [0.717, 1.165) is 0 Å². The van der Waals surface area contributed by atoms with Crippen LogP contribution in [0.15, 0.2) is 54.6 Å². The lowest BCUT2D eigenvalue weighted by Crippen LogP contribution is -2.21. The van der Waals surface area contributed by atoms with Gasteiger partial charge in [0.25, 0.3) is 0 Å². The molecule has 0 amide bonds. The topological polar surface area (TPSA) is 0 Å². The molecule has 0 atom stereocenters. The Kier molecular flexibility index (Phi) is 8.16. The van der Waals surface area contributed by atoms with Crippen molar-refractivity contribution in [3.8, 4) is 0 Å². The molecule has 22 heavy (non-hydrogen) atoms. The van der Waals surface area contributed by atoms with E-state index >= 15 is 0 Å². The SMILES string of the molecule is C.C.C=CC1=C(/C=C\C)C2(CCCC2)c2ccccc21.CC. The van der Waals surface area contributed by atoms with E-state index in [4.69, 9.17) is 0 Å². The summed E-state index contributed by atoms with van der Waals surface area (Å²) in [5, 5.41) is 0. The van der Waals surface area contributed by atoms with Gasteiger partial charge in [-0.3, -0.25) is 0 Å². The quantitative estimate of drug-likeness (QED) is 0.536.